The third-order valence-corrected chi connectivity index (χ3v) is 4.12. The maximum Gasteiger partial charge on any atom is 0.118 e. The topological polar surface area (TPSA) is 41.9 Å². The zero-order valence-corrected chi connectivity index (χ0v) is 14.0. The van der Waals surface area contributed by atoms with E-state index in [0.29, 0.717) is 0 Å². The van der Waals surface area contributed by atoms with Gasteiger partial charge in [0.05, 0.1) is 26.9 Å². The molecule has 0 bridgehead atoms. The van der Waals surface area contributed by atoms with Crippen molar-refractivity contribution in [3.05, 3.63) is 59.7 Å². The van der Waals surface area contributed by atoms with E-state index in [4.69, 9.17) is 9.47 Å². The van der Waals surface area contributed by atoms with E-state index >= 15 is 0 Å². The molecule has 0 aliphatic heterocycles. The first-order valence-corrected chi connectivity index (χ1v) is 7.76. The number of likely N-dealkylation sites (N-methyl/N-ethyl adjacent to an activating group) is 1. The monoisotopic (exact) mass is 315 g/mol. The first-order chi connectivity index (χ1) is 11.2. The van der Waals surface area contributed by atoms with Crippen LogP contribution in [-0.4, -0.2) is 44.4 Å². The summed E-state index contributed by atoms with van der Waals surface area (Å²) in [6, 6.07) is 15.9. The summed E-state index contributed by atoms with van der Waals surface area (Å²) in [4.78, 5) is 2.17. The fourth-order valence-corrected chi connectivity index (χ4v) is 2.58. The van der Waals surface area contributed by atoms with E-state index < -0.39 is 0 Å². The smallest absolute Gasteiger partial charge is 0.118 e. The first kappa shape index (κ1) is 17.3. The number of benzene rings is 2. The van der Waals surface area contributed by atoms with Gasteiger partial charge in [0, 0.05) is 6.54 Å². The first-order valence-electron chi connectivity index (χ1n) is 7.76. The third kappa shape index (κ3) is 4.71. The fourth-order valence-electron chi connectivity index (χ4n) is 2.58. The molecule has 2 rings (SSSR count). The zero-order chi connectivity index (χ0) is 16.7. The van der Waals surface area contributed by atoms with Crippen molar-refractivity contribution in [2.24, 2.45) is 0 Å². The van der Waals surface area contributed by atoms with Gasteiger partial charge in [0.2, 0.25) is 0 Å². The Bertz CT molecular complexity index is 581. The quantitative estimate of drug-likeness (QED) is 0.813. The largest absolute Gasteiger partial charge is 0.497 e. The minimum absolute atomic E-state index is 0.0147. The summed E-state index contributed by atoms with van der Waals surface area (Å²) in [7, 11) is 5.36. The van der Waals surface area contributed by atoms with E-state index in [-0.39, 0.29) is 12.6 Å². The maximum absolute atomic E-state index is 9.75. The number of nitrogens with zero attached hydrogens (tertiary/aromatic N) is 1. The molecule has 4 heteroatoms. The Balaban J connectivity index is 1.96. The maximum atomic E-state index is 9.75. The Morgan fingerprint density at radius 2 is 1.43 bits per heavy atom. The molecule has 1 unspecified atom stereocenters. The number of aliphatic hydroxyl groups is 1. The van der Waals surface area contributed by atoms with Crippen molar-refractivity contribution >= 4 is 0 Å². The van der Waals surface area contributed by atoms with Crippen molar-refractivity contribution < 1.29 is 14.6 Å². The Morgan fingerprint density at radius 1 is 0.913 bits per heavy atom. The second-order valence-corrected chi connectivity index (χ2v) is 5.55. The molecule has 2 aromatic rings. The predicted octanol–water partition coefficient (Wildman–Crippen LogP) is 2.91. The highest BCUT2D eigenvalue weighted by Crippen LogP contribution is 2.22. The minimum Gasteiger partial charge on any atom is -0.497 e. The van der Waals surface area contributed by atoms with Gasteiger partial charge in [0.15, 0.2) is 0 Å². The third-order valence-electron chi connectivity index (χ3n) is 4.12. The van der Waals surface area contributed by atoms with Gasteiger partial charge in [0.25, 0.3) is 0 Å². The molecule has 23 heavy (non-hydrogen) atoms. The van der Waals surface area contributed by atoms with Gasteiger partial charge in [0.1, 0.15) is 11.5 Å². The normalized spacial score (nSPS) is 12.2. The number of hydrogen-bond acceptors (Lipinski definition) is 4. The molecule has 0 fully saturated rings. The van der Waals surface area contributed by atoms with Crippen molar-refractivity contribution in [1.29, 1.82) is 0 Å². The molecule has 4 nitrogen and oxygen atoms in total. The van der Waals surface area contributed by atoms with Gasteiger partial charge in [-0.2, -0.15) is 0 Å². The van der Waals surface area contributed by atoms with Gasteiger partial charge >= 0.3 is 0 Å². The summed E-state index contributed by atoms with van der Waals surface area (Å²) in [6.45, 7) is 0.953. The summed E-state index contributed by atoms with van der Waals surface area (Å²) in [5.41, 5.74) is 2.34. The number of methoxy groups -OCH3 is 2. The summed E-state index contributed by atoms with van der Waals surface area (Å²) in [5, 5.41) is 9.75. The van der Waals surface area contributed by atoms with Crippen LogP contribution in [0, 0.1) is 0 Å². The Kier molecular flexibility index (Phi) is 6.44. The summed E-state index contributed by atoms with van der Waals surface area (Å²) in [5.74, 6) is 1.69. The molecular formula is C19H25NO3. The highest BCUT2D eigenvalue weighted by atomic mass is 16.5. The number of rotatable bonds is 8. The lowest BCUT2D eigenvalue weighted by Gasteiger charge is -2.27. The Morgan fingerprint density at radius 3 is 1.91 bits per heavy atom. The van der Waals surface area contributed by atoms with Gasteiger partial charge in [-0.15, -0.1) is 0 Å². The molecule has 0 amide bonds. The Labute approximate surface area is 138 Å². The average Bonchev–Trinajstić information content (AvgIpc) is 2.61. The van der Waals surface area contributed by atoms with Crippen LogP contribution in [0.4, 0.5) is 0 Å². The molecular weight excluding hydrogens is 290 g/mol. The summed E-state index contributed by atoms with van der Waals surface area (Å²) >= 11 is 0. The summed E-state index contributed by atoms with van der Waals surface area (Å²) in [6.07, 6.45) is 0.924. The fraction of sp³-hybridized carbons (Fsp3) is 0.368. The molecule has 0 saturated carbocycles. The van der Waals surface area contributed by atoms with Crippen molar-refractivity contribution in [3.8, 4) is 11.5 Å². The molecule has 1 N–H and O–H groups in total. The molecule has 0 saturated heterocycles. The molecule has 0 aliphatic carbocycles. The standard InChI is InChI=1S/C19H25NO3/c1-20(13-12-15-4-8-17(22-2)9-5-15)19(14-21)16-6-10-18(23-3)11-7-16/h4-11,19,21H,12-14H2,1-3H3. The van der Waals surface area contributed by atoms with Crippen LogP contribution in [0.15, 0.2) is 48.5 Å². The lowest BCUT2D eigenvalue weighted by molar-refractivity contribution is 0.149. The SMILES string of the molecule is COc1ccc(CCN(C)C(CO)c2ccc(OC)cc2)cc1. The molecule has 0 spiro atoms. The van der Waals surface area contributed by atoms with E-state index in [1.165, 1.54) is 5.56 Å². The van der Waals surface area contributed by atoms with Crippen LogP contribution in [0.5, 0.6) is 11.5 Å². The molecule has 0 aliphatic rings. The average molecular weight is 315 g/mol. The molecule has 0 radical (unpaired) electrons. The molecule has 0 heterocycles. The van der Waals surface area contributed by atoms with Crippen LogP contribution in [0.25, 0.3) is 0 Å². The summed E-state index contributed by atoms with van der Waals surface area (Å²) < 4.78 is 10.4. The van der Waals surface area contributed by atoms with Gasteiger partial charge in [-0.25, -0.2) is 0 Å². The van der Waals surface area contributed by atoms with Crippen LogP contribution in [0.3, 0.4) is 0 Å². The van der Waals surface area contributed by atoms with Gasteiger partial charge in [-0.3, -0.25) is 4.90 Å². The number of ether oxygens (including phenoxy) is 2. The van der Waals surface area contributed by atoms with Crippen molar-refractivity contribution in [2.75, 3.05) is 34.4 Å². The Hall–Kier alpha value is -2.04. The second-order valence-electron chi connectivity index (χ2n) is 5.55. The van der Waals surface area contributed by atoms with Crippen LogP contribution in [0.2, 0.25) is 0 Å². The number of hydrogen-bond donors (Lipinski definition) is 1. The van der Waals surface area contributed by atoms with E-state index in [2.05, 4.69) is 17.0 Å². The van der Waals surface area contributed by atoms with Crippen LogP contribution >= 0.6 is 0 Å². The van der Waals surface area contributed by atoms with Crippen LogP contribution in [-0.2, 0) is 6.42 Å². The molecule has 0 aromatic heterocycles. The van der Waals surface area contributed by atoms with E-state index in [1.54, 1.807) is 14.2 Å². The molecule has 124 valence electrons. The highest BCUT2D eigenvalue weighted by Gasteiger charge is 2.16. The highest BCUT2D eigenvalue weighted by molar-refractivity contribution is 5.29. The van der Waals surface area contributed by atoms with Gasteiger partial charge in [-0.1, -0.05) is 24.3 Å². The van der Waals surface area contributed by atoms with Gasteiger partial charge in [-0.05, 0) is 48.9 Å². The van der Waals surface area contributed by atoms with E-state index in [0.717, 1.165) is 30.0 Å². The predicted molar refractivity (Wildman–Crippen MR) is 92.1 cm³/mol. The minimum atomic E-state index is -0.0147. The lowest BCUT2D eigenvalue weighted by atomic mass is 10.1. The lowest BCUT2D eigenvalue weighted by Crippen LogP contribution is -2.29. The van der Waals surface area contributed by atoms with E-state index in [1.807, 2.05) is 43.4 Å². The number of aliphatic hydroxyl groups excluding tert-OH is 1. The van der Waals surface area contributed by atoms with Crippen LogP contribution < -0.4 is 9.47 Å². The molecule has 2 aromatic carbocycles. The second kappa shape index (κ2) is 8.56. The van der Waals surface area contributed by atoms with Crippen LogP contribution in [0.1, 0.15) is 17.2 Å². The molecule has 1 atom stereocenters. The van der Waals surface area contributed by atoms with Crippen molar-refractivity contribution in [1.82, 2.24) is 4.90 Å². The zero-order valence-electron chi connectivity index (χ0n) is 14.0. The van der Waals surface area contributed by atoms with Crippen molar-refractivity contribution in [3.63, 3.8) is 0 Å². The van der Waals surface area contributed by atoms with Crippen molar-refractivity contribution in [2.45, 2.75) is 12.5 Å². The van der Waals surface area contributed by atoms with E-state index in [9.17, 15) is 5.11 Å². The van der Waals surface area contributed by atoms with Gasteiger partial charge < -0.3 is 14.6 Å².